The number of hydrogen-bond acceptors (Lipinski definition) is 4. The van der Waals surface area contributed by atoms with E-state index < -0.39 is 0 Å². The Balaban J connectivity index is 1.89. The SMILES string of the molecule is Cc1ccc(NC(=O)CN(C)C(=O)CSc2nc(C)c(C)n2CC(C)C)cc1. The molecule has 7 heteroatoms. The summed E-state index contributed by atoms with van der Waals surface area (Å²) in [6.07, 6.45) is 0. The number of likely N-dealkylation sites (N-methyl/N-ethyl adjacent to an activating group) is 1. The van der Waals surface area contributed by atoms with E-state index in [9.17, 15) is 9.59 Å². The van der Waals surface area contributed by atoms with Crippen LogP contribution in [0.15, 0.2) is 29.4 Å². The third-order valence-corrected chi connectivity index (χ3v) is 5.40. The van der Waals surface area contributed by atoms with Crippen LogP contribution in [0.1, 0.15) is 30.8 Å². The summed E-state index contributed by atoms with van der Waals surface area (Å²) in [6, 6.07) is 7.57. The molecule has 0 aliphatic heterocycles. The molecule has 0 radical (unpaired) electrons. The Morgan fingerprint density at radius 3 is 2.43 bits per heavy atom. The molecule has 0 saturated carbocycles. The second kappa shape index (κ2) is 9.78. The maximum Gasteiger partial charge on any atom is 0.243 e. The number of anilines is 1. The lowest BCUT2D eigenvalue weighted by molar-refractivity contribution is -0.131. The first-order valence-corrected chi connectivity index (χ1v) is 10.4. The van der Waals surface area contributed by atoms with E-state index in [-0.39, 0.29) is 24.1 Å². The van der Waals surface area contributed by atoms with Crippen molar-refractivity contribution in [2.45, 2.75) is 46.3 Å². The standard InChI is InChI=1S/C21H30N4O2S/c1-14(2)11-25-17(5)16(4)22-21(25)28-13-20(27)24(6)12-19(26)23-18-9-7-15(3)8-10-18/h7-10,14H,11-13H2,1-6H3,(H,23,26). The van der Waals surface area contributed by atoms with Crippen LogP contribution in [0.3, 0.4) is 0 Å². The Kier molecular flexibility index (Phi) is 7.69. The summed E-state index contributed by atoms with van der Waals surface area (Å²) in [6.45, 7) is 11.2. The second-order valence-electron chi connectivity index (χ2n) is 7.52. The maximum atomic E-state index is 12.5. The first kappa shape index (κ1) is 22.0. The van der Waals surface area contributed by atoms with E-state index in [1.807, 2.05) is 38.1 Å². The molecule has 0 unspecified atom stereocenters. The first-order valence-electron chi connectivity index (χ1n) is 9.44. The van der Waals surface area contributed by atoms with E-state index in [1.165, 1.54) is 16.7 Å². The number of nitrogens with zero attached hydrogens (tertiary/aromatic N) is 3. The number of amides is 2. The van der Waals surface area contributed by atoms with Gasteiger partial charge in [0.2, 0.25) is 11.8 Å². The molecule has 0 aliphatic carbocycles. The van der Waals surface area contributed by atoms with Crippen molar-refractivity contribution >= 4 is 29.3 Å². The molecule has 0 saturated heterocycles. The Bertz CT molecular complexity index is 828. The molecule has 0 spiro atoms. The van der Waals surface area contributed by atoms with E-state index in [4.69, 9.17) is 0 Å². The largest absolute Gasteiger partial charge is 0.336 e. The number of imidazole rings is 1. The zero-order chi connectivity index (χ0) is 20.8. The van der Waals surface area contributed by atoms with Gasteiger partial charge in [-0.2, -0.15) is 0 Å². The lowest BCUT2D eigenvalue weighted by Gasteiger charge is -2.17. The van der Waals surface area contributed by atoms with Gasteiger partial charge in [0, 0.05) is 25.0 Å². The monoisotopic (exact) mass is 402 g/mol. The average Bonchev–Trinajstić information content (AvgIpc) is 2.88. The van der Waals surface area contributed by atoms with Crippen molar-refractivity contribution in [1.29, 1.82) is 0 Å². The number of aromatic nitrogens is 2. The van der Waals surface area contributed by atoms with Crippen LogP contribution in [0.25, 0.3) is 0 Å². The van der Waals surface area contributed by atoms with Gasteiger partial charge in [-0.1, -0.05) is 43.3 Å². The number of nitrogens with one attached hydrogen (secondary N) is 1. The summed E-state index contributed by atoms with van der Waals surface area (Å²) in [5, 5.41) is 3.67. The number of thioether (sulfide) groups is 1. The van der Waals surface area contributed by atoms with Gasteiger partial charge in [0.15, 0.2) is 5.16 Å². The van der Waals surface area contributed by atoms with Gasteiger partial charge in [0.25, 0.3) is 0 Å². The molecule has 1 aromatic heterocycles. The van der Waals surface area contributed by atoms with Crippen LogP contribution in [0.5, 0.6) is 0 Å². The number of rotatable bonds is 8. The summed E-state index contributed by atoms with van der Waals surface area (Å²) in [7, 11) is 1.65. The molecule has 1 aromatic carbocycles. The molecule has 28 heavy (non-hydrogen) atoms. The van der Waals surface area contributed by atoms with Gasteiger partial charge in [-0.3, -0.25) is 9.59 Å². The van der Waals surface area contributed by atoms with Crippen molar-refractivity contribution in [2.75, 3.05) is 24.7 Å². The van der Waals surface area contributed by atoms with Crippen molar-refractivity contribution in [2.24, 2.45) is 5.92 Å². The Morgan fingerprint density at radius 2 is 1.82 bits per heavy atom. The van der Waals surface area contributed by atoms with Crippen LogP contribution in [-0.4, -0.2) is 45.6 Å². The fraction of sp³-hybridized carbons (Fsp3) is 0.476. The van der Waals surface area contributed by atoms with Crippen molar-refractivity contribution in [1.82, 2.24) is 14.5 Å². The minimum Gasteiger partial charge on any atom is -0.336 e. The van der Waals surface area contributed by atoms with Gasteiger partial charge in [0.1, 0.15) is 0 Å². The average molecular weight is 403 g/mol. The fourth-order valence-corrected chi connectivity index (χ4v) is 3.73. The van der Waals surface area contributed by atoms with Gasteiger partial charge in [-0.25, -0.2) is 4.98 Å². The molecule has 2 amide bonds. The van der Waals surface area contributed by atoms with Crippen molar-refractivity contribution in [3.63, 3.8) is 0 Å². The van der Waals surface area contributed by atoms with Crippen LogP contribution in [-0.2, 0) is 16.1 Å². The van der Waals surface area contributed by atoms with Crippen LogP contribution in [0.2, 0.25) is 0 Å². The summed E-state index contributed by atoms with van der Waals surface area (Å²) in [4.78, 5) is 30.7. The molecule has 0 bridgehead atoms. The van der Waals surface area contributed by atoms with Crippen molar-refractivity contribution < 1.29 is 9.59 Å². The van der Waals surface area contributed by atoms with Crippen LogP contribution in [0, 0.1) is 26.7 Å². The molecular formula is C21H30N4O2S. The minimum absolute atomic E-state index is 0.0196. The van der Waals surface area contributed by atoms with E-state index in [2.05, 4.69) is 35.6 Å². The summed E-state index contributed by atoms with van der Waals surface area (Å²) >= 11 is 1.42. The summed E-state index contributed by atoms with van der Waals surface area (Å²) in [5.41, 5.74) is 3.98. The molecule has 2 aromatic rings. The number of aryl methyl sites for hydroxylation is 2. The molecule has 6 nitrogen and oxygen atoms in total. The normalized spacial score (nSPS) is 11.0. The zero-order valence-electron chi connectivity index (χ0n) is 17.6. The molecular weight excluding hydrogens is 372 g/mol. The van der Waals surface area contributed by atoms with Crippen LogP contribution >= 0.6 is 11.8 Å². The molecule has 2 rings (SSSR count). The van der Waals surface area contributed by atoms with Crippen LogP contribution in [0.4, 0.5) is 5.69 Å². The fourth-order valence-electron chi connectivity index (χ4n) is 2.69. The predicted octanol–water partition coefficient (Wildman–Crippen LogP) is 3.65. The maximum absolute atomic E-state index is 12.5. The minimum atomic E-state index is -0.210. The molecule has 1 heterocycles. The highest BCUT2D eigenvalue weighted by molar-refractivity contribution is 7.99. The van der Waals surface area contributed by atoms with Gasteiger partial charge in [0.05, 0.1) is 18.0 Å². The van der Waals surface area contributed by atoms with E-state index in [0.717, 1.165) is 34.3 Å². The Labute approximate surface area is 171 Å². The second-order valence-corrected chi connectivity index (χ2v) is 8.46. The third kappa shape index (κ3) is 6.12. The number of carbonyl (C=O) groups is 2. The van der Waals surface area contributed by atoms with Gasteiger partial charge < -0.3 is 14.8 Å². The highest BCUT2D eigenvalue weighted by Gasteiger charge is 2.17. The van der Waals surface area contributed by atoms with Gasteiger partial charge >= 0.3 is 0 Å². The van der Waals surface area contributed by atoms with E-state index in [1.54, 1.807) is 7.05 Å². The first-order chi connectivity index (χ1) is 13.2. The number of hydrogen-bond donors (Lipinski definition) is 1. The Morgan fingerprint density at radius 1 is 1.18 bits per heavy atom. The molecule has 1 N–H and O–H groups in total. The van der Waals surface area contributed by atoms with Gasteiger partial charge in [-0.05, 0) is 38.8 Å². The number of carbonyl (C=O) groups excluding carboxylic acids is 2. The molecule has 0 atom stereocenters. The van der Waals surface area contributed by atoms with Crippen LogP contribution < -0.4 is 5.32 Å². The summed E-state index contributed by atoms with van der Waals surface area (Å²) in [5.74, 6) is 0.439. The third-order valence-electron chi connectivity index (χ3n) is 4.44. The van der Waals surface area contributed by atoms with Crippen molar-refractivity contribution in [3.05, 3.63) is 41.2 Å². The topological polar surface area (TPSA) is 67.2 Å². The van der Waals surface area contributed by atoms with Crippen molar-refractivity contribution in [3.8, 4) is 0 Å². The molecule has 0 fully saturated rings. The smallest absolute Gasteiger partial charge is 0.243 e. The quantitative estimate of drug-likeness (QED) is 0.685. The highest BCUT2D eigenvalue weighted by atomic mass is 32.2. The zero-order valence-corrected chi connectivity index (χ0v) is 18.4. The predicted molar refractivity (Wildman–Crippen MR) is 115 cm³/mol. The molecule has 152 valence electrons. The molecule has 0 aliphatic rings. The van der Waals surface area contributed by atoms with E-state index >= 15 is 0 Å². The van der Waals surface area contributed by atoms with E-state index in [0.29, 0.717) is 5.92 Å². The number of benzene rings is 1. The lowest BCUT2D eigenvalue weighted by Crippen LogP contribution is -2.36. The highest BCUT2D eigenvalue weighted by Crippen LogP contribution is 2.22. The van der Waals surface area contributed by atoms with Gasteiger partial charge in [-0.15, -0.1) is 0 Å². The Hall–Kier alpha value is -2.28. The summed E-state index contributed by atoms with van der Waals surface area (Å²) < 4.78 is 2.17. The lowest BCUT2D eigenvalue weighted by atomic mass is 10.2.